The minimum absolute atomic E-state index is 0.0636. The van der Waals surface area contributed by atoms with Crippen LogP contribution in [0.3, 0.4) is 0 Å². The minimum atomic E-state index is -0.498. The van der Waals surface area contributed by atoms with Gasteiger partial charge in [-0.05, 0) is 36.2 Å². The zero-order valence-corrected chi connectivity index (χ0v) is 14.1. The van der Waals surface area contributed by atoms with Crippen LogP contribution in [0, 0.1) is 17.0 Å². The lowest BCUT2D eigenvalue weighted by molar-refractivity contribution is -0.384. The predicted molar refractivity (Wildman–Crippen MR) is 91.3 cm³/mol. The Morgan fingerprint density at radius 1 is 1.29 bits per heavy atom. The Bertz CT molecular complexity index is 764. The van der Waals surface area contributed by atoms with E-state index in [0.29, 0.717) is 16.3 Å². The largest absolute Gasteiger partial charge is 0.484 e. The van der Waals surface area contributed by atoms with E-state index in [2.05, 4.69) is 0 Å². The Morgan fingerprint density at radius 3 is 2.71 bits per heavy atom. The molecule has 1 amide bonds. The highest BCUT2D eigenvalue weighted by atomic mass is 35.5. The molecule has 0 aromatic heterocycles. The Balaban J connectivity index is 1.99. The van der Waals surface area contributed by atoms with Crippen LogP contribution >= 0.6 is 11.6 Å². The number of aryl methyl sites for hydroxylation is 1. The molecule has 7 heteroatoms. The van der Waals surface area contributed by atoms with Gasteiger partial charge in [-0.1, -0.05) is 23.7 Å². The molecule has 0 saturated carbocycles. The molecule has 2 rings (SSSR count). The van der Waals surface area contributed by atoms with Gasteiger partial charge in [0.15, 0.2) is 6.61 Å². The first-order valence-electron chi connectivity index (χ1n) is 7.23. The Hall–Kier alpha value is -2.60. The number of hydrogen-bond donors (Lipinski definition) is 0. The molecule has 0 bridgehead atoms. The average molecular weight is 349 g/mol. The number of likely N-dealkylation sites (N-methyl/N-ethyl adjacent to an activating group) is 1. The van der Waals surface area contributed by atoms with Gasteiger partial charge in [0.05, 0.1) is 4.92 Å². The number of rotatable bonds is 6. The van der Waals surface area contributed by atoms with Crippen molar-refractivity contribution < 1.29 is 14.5 Å². The maximum Gasteiger partial charge on any atom is 0.269 e. The molecule has 24 heavy (non-hydrogen) atoms. The van der Waals surface area contributed by atoms with E-state index < -0.39 is 4.92 Å². The summed E-state index contributed by atoms with van der Waals surface area (Å²) in [6.07, 6.45) is 0. The van der Waals surface area contributed by atoms with Crippen LogP contribution in [0.5, 0.6) is 5.75 Å². The summed E-state index contributed by atoms with van der Waals surface area (Å²) < 4.78 is 5.47. The first kappa shape index (κ1) is 17.7. The number of ether oxygens (including phenoxy) is 1. The molecule has 0 unspecified atom stereocenters. The molecule has 0 saturated heterocycles. The van der Waals surface area contributed by atoms with Crippen LogP contribution in [0.2, 0.25) is 5.02 Å². The fourth-order valence-corrected chi connectivity index (χ4v) is 2.28. The standard InChI is InChI=1S/C17H17ClN2O4/c1-12-4-3-5-15(8-12)24-11-17(21)19(2)10-13-9-14(20(22)23)6-7-16(13)18/h3-9H,10-11H2,1-2H3. The number of amides is 1. The van der Waals surface area contributed by atoms with Crippen molar-refractivity contribution in [3.05, 3.63) is 68.7 Å². The zero-order valence-electron chi connectivity index (χ0n) is 13.4. The van der Waals surface area contributed by atoms with Crippen LogP contribution in [0.25, 0.3) is 0 Å². The quantitative estimate of drug-likeness (QED) is 0.590. The van der Waals surface area contributed by atoms with Crippen LogP contribution in [0.4, 0.5) is 5.69 Å². The third kappa shape index (κ3) is 4.70. The van der Waals surface area contributed by atoms with E-state index in [1.165, 1.54) is 23.1 Å². The van der Waals surface area contributed by atoms with Crippen LogP contribution in [0.1, 0.15) is 11.1 Å². The number of carbonyl (C=O) groups is 1. The second kappa shape index (κ2) is 7.79. The highest BCUT2D eigenvalue weighted by Gasteiger charge is 2.15. The Labute approximate surface area is 144 Å². The molecule has 0 atom stereocenters. The van der Waals surface area contributed by atoms with E-state index in [4.69, 9.17) is 16.3 Å². The van der Waals surface area contributed by atoms with Crippen molar-refractivity contribution in [1.29, 1.82) is 0 Å². The van der Waals surface area contributed by atoms with Gasteiger partial charge in [-0.25, -0.2) is 0 Å². The average Bonchev–Trinajstić information content (AvgIpc) is 2.54. The van der Waals surface area contributed by atoms with E-state index in [0.717, 1.165) is 5.56 Å². The second-order valence-corrected chi connectivity index (χ2v) is 5.80. The molecule has 0 fully saturated rings. The van der Waals surface area contributed by atoms with Gasteiger partial charge in [-0.2, -0.15) is 0 Å². The smallest absolute Gasteiger partial charge is 0.269 e. The molecule has 0 aliphatic heterocycles. The molecule has 0 spiro atoms. The number of nitro groups is 1. The van der Waals surface area contributed by atoms with E-state index >= 15 is 0 Å². The van der Waals surface area contributed by atoms with E-state index in [1.807, 2.05) is 25.1 Å². The maximum atomic E-state index is 12.2. The van der Waals surface area contributed by atoms with E-state index in [-0.39, 0.29) is 24.7 Å². The SMILES string of the molecule is Cc1cccc(OCC(=O)N(C)Cc2cc([N+](=O)[O-])ccc2Cl)c1. The van der Waals surface area contributed by atoms with Crippen LogP contribution < -0.4 is 4.74 Å². The van der Waals surface area contributed by atoms with Gasteiger partial charge in [-0.3, -0.25) is 14.9 Å². The molecule has 6 nitrogen and oxygen atoms in total. The summed E-state index contributed by atoms with van der Waals surface area (Å²) >= 11 is 6.05. The lowest BCUT2D eigenvalue weighted by Gasteiger charge is -2.18. The molecule has 0 aliphatic rings. The number of hydrogen-bond acceptors (Lipinski definition) is 4. The monoisotopic (exact) mass is 348 g/mol. The summed E-state index contributed by atoms with van der Waals surface area (Å²) in [7, 11) is 1.59. The molecule has 0 radical (unpaired) electrons. The number of nitrogens with zero attached hydrogens (tertiary/aromatic N) is 2. The van der Waals surface area contributed by atoms with Gasteiger partial charge in [0.25, 0.3) is 11.6 Å². The predicted octanol–water partition coefficient (Wildman–Crippen LogP) is 3.59. The molecule has 0 aliphatic carbocycles. The first-order chi connectivity index (χ1) is 11.4. The zero-order chi connectivity index (χ0) is 17.7. The fraction of sp³-hybridized carbons (Fsp3) is 0.235. The van der Waals surface area contributed by atoms with Crippen LogP contribution in [0.15, 0.2) is 42.5 Å². The molecule has 2 aromatic carbocycles. The van der Waals surface area contributed by atoms with Crippen molar-refractivity contribution in [2.75, 3.05) is 13.7 Å². The van der Waals surface area contributed by atoms with Gasteiger partial charge in [0, 0.05) is 30.7 Å². The van der Waals surface area contributed by atoms with Crippen molar-refractivity contribution in [2.24, 2.45) is 0 Å². The Morgan fingerprint density at radius 2 is 2.04 bits per heavy atom. The lowest BCUT2D eigenvalue weighted by Crippen LogP contribution is -2.31. The summed E-state index contributed by atoms with van der Waals surface area (Å²) in [6.45, 7) is 1.98. The number of benzene rings is 2. The second-order valence-electron chi connectivity index (χ2n) is 5.39. The summed E-state index contributed by atoms with van der Waals surface area (Å²) in [5, 5.41) is 11.2. The number of non-ortho nitro benzene ring substituents is 1. The van der Waals surface area contributed by atoms with Gasteiger partial charge in [0.2, 0.25) is 0 Å². The molecular formula is C17H17ClN2O4. The molecule has 126 valence electrons. The van der Waals surface area contributed by atoms with Crippen molar-refractivity contribution in [2.45, 2.75) is 13.5 Å². The highest BCUT2D eigenvalue weighted by molar-refractivity contribution is 6.31. The molecular weight excluding hydrogens is 332 g/mol. The van der Waals surface area contributed by atoms with Crippen molar-refractivity contribution in [3.63, 3.8) is 0 Å². The van der Waals surface area contributed by atoms with Gasteiger partial charge >= 0.3 is 0 Å². The highest BCUT2D eigenvalue weighted by Crippen LogP contribution is 2.23. The minimum Gasteiger partial charge on any atom is -0.484 e. The maximum absolute atomic E-state index is 12.2. The number of nitro benzene ring substituents is 1. The van der Waals surface area contributed by atoms with Crippen LogP contribution in [-0.2, 0) is 11.3 Å². The lowest BCUT2D eigenvalue weighted by atomic mass is 10.2. The summed E-state index contributed by atoms with van der Waals surface area (Å²) in [5.74, 6) is 0.365. The Kier molecular flexibility index (Phi) is 5.76. The van der Waals surface area contributed by atoms with E-state index in [1.54, 1.807) is 13.1 Å². The van der Waals surface area contributed by atoms with Crippen molar-refractivity contribution >= 4 is 23.2 Å². The van der Waals surface area contributed by atoms with Gasteiger partial charge < -0.3 is 9.64 Å². The van der Waals surface area contributed by atoms with Crippen molar-refractivity contribution in [1.82, 2.24) is 4.90 Å². The summed E-state index contributed by atoms with van der Waals surface area (Å²) in [5.41, 5.74) is 1.49. The fourth-order valence-electron chi connectivity index (χ4n) is 2.10. The first-order valence-corrected chi connectivity index (χ1v) is 7.61. The molecule has 0 heterocycles. The van der Waals surface area contributed by atoms with Crippen LogP contribution in [-0.4, -0.2) is 29.4 Å². The molecule has 0 N–H and O–H groups in total. The summed E-state index contributed by atoms with van der Waals surface area (Å²) in [6, 6.07) is 11.5. The summed E-state index contributed by atoms with van der Waals surface area (Å²) in [4.78, 5) is 23.9. The van der Waals surface area contributed by atoms with Crippen molar-refractivity contribution in [3.8, 4) is 5.75 Å². The number of halogens is 1. The third-order valence-corrected chi connectivity index (χ3v) is 3.79. The number of carbonyl (C=O) groups excluding carboxylic acids is 1. The topological polar surface area (TPSA) is 72.7 Å². The van der Waals surface area contributed by atoms with Gasteiger partial charge in [0.1, 0.15) is 5.75 Å². The van der Waals surface area contributed by atoms with E-state index in [9.17, 15) is 14.9 Å². The molecule has 2 aromatic rings. The van der Waals surface area contributed by atoms with Gasteiger partial charge in [-0.15, -0.1) is 0 Å². The normalized spacial score (nSPS) is 10.3. The third-order valence-electron chi connectivity index (χ3n) is 3.43.